The summed E-state index contributed by atoms with van der Waals surface area (Å²) >= 11 is 0. The Balaban J connectivity index is 2.34. The summed E-state index contributed by atoms with van der Waals surface area (Å²) in [6.07, 6.45) is 0. The first-order valence-electron chi connectivity index (χ1n) is 5.44. The zero-order valence-electron chi connectivity index (χ0n) is 10.7. The van der Waals surface area contributed by atoms with Crippen molar-refractivity contribution in [1.82, 2.24) is 15.0 Å². The first-order valence-corrected chi connectivity index (χ1v) is 5.44. The molecule has 0 unspecified atom stereocenters. The van der Waals surface area contributed by atoms with Crippen LogP contribution in [0.5, 0.6) is 29.5 Å². The van der Waals surface area contributed by atoms with Crippen molar-refractivity contribution in [2.45, 2.75) is 6.92 Å². The maximum atomic E-state index is 9.60. The second-order valence-corrected chi connectivity index (χ2v) is 3.59. The number of aromatic hydroxyl groups is 1. The van der Waals surface area contributed by atoms with Gasteiger partial charge in [-0.2, -0.15) is 0 Å². The zero-order valence-corrected chi connectivity index (χ0v) is 10.7. The number of phenols is 1. The van der Waals surface area contributed by atoms with E-state index in [1.54, 1.807) is 25.1 Å². The summed E-state index contributed by atoms with van der Waals surface area (Å²) in [4.78, 5) is 11.7. The van der Waals surface area contributed by atoms with Crippen molar-refractivity contribution in [3.8, 4) is 29.5 Å². The molecule has 7 nitrogen and oxygen atoms in total. The second kappa shape index (κ2) is 5.38. The molecular formula is C12H13N3O4. The van der Waals surface area contributed by atoms with Crippen LogP contribution in [0.4, 0.5) is 0 Å². The van der Waals surface area contributed by atoms with Crippen LogP contribution in [0.25, 0.3) is 0 Å². The quantitative estimate of drug-likeness (QED) is 0.898. The predicted octanol–water partition coefficient (Wildman–Crippen LogP) is 1.70. The Morgan fingerprint density at radius 1 is 0.947 bits per heavy atom. The lowest BCUT2D eigenvalue weighted by atomic mass is 10.2. The smallest absolute Gasteiger partial charge is 0.331 e. The summed E-state index contributed by atoms with van der Waals surface area (Å²) in [6, 6.07) is 5.11. The number of rotatable bonds is 4. The van der Waals surface area contributed by atoms with Gasteiger partial charge in [-0.3, -0.25) is 0 Å². The second-order valence-electron chi connectivity index (χ2n) is 3.59. The standard InChI is InChI=1S/C12H13N3O4/c1-7-8(16)5-4-6-9(7)19-12-14-10(17-2)13-11(15-12)18-3/h4-6,16H,1-3H3. The Kier molecular flexibility index (Phi) is 3.65. The van der Waals surface area contributed by atoms with Crippen molar-refractivity contribution in [3.63, 3.8) is 0 Å². The average Bonchev–Trinajstić information content (AvgIpc) is 2.43. The average molecular weight is 263 g/mol. The molecule has 0 saturated carbocycles. The first kappa shape index (κ1) is 12.9. The number of hydrogen-bond acceptors (Lipinski definition) is 7. The van der Waals surface area contributed by atoms with Crippen molar-refractivity contribution >= 4 is 0 Å². The van der Waals surface area contributed by atoms with E-state index in [9.17, 15) is 5.11 Å². The number of hydrogen-bond donors (Lipinski definition) is 1. The van der Waals surface area contributed by atoms with Gasteiger partial charge in [-0.15, -0.1) is 15.0 Å². The van der Waals surface area contributed by atoms with Crippen LogP contribution in [0.3, 0.4) is 0 Å². The maximum Gasteiger partial charge on any atom is 0.331 e. The van der Waals surface area contributed by atoms with Crippen molar-refractivity contribution < 1.29 is 19.3 Å². The normalized spacial score (nSPS) is 10.1. The Morgan fingerprint density at radius 3 is 2.11 bits per heavy atom. The number of nitrogens with zero attached hydrogens (tertiary/aromatic N) is 3. The molecule has 1 aromatic carbocycles. The molecule has 2 aromatic rings. The van der Waals surface area contributed by atoms with Gasteiger partial charge in [0.2, 0.25) is 0 Å². The lowest BCUT2D eigenvalue weighted by Crippen LogP contribution is -2.01. The molecule has 0 atom stereocenters. The molecule has 1 N–H and O–H groups in total. The topological polar surface area (TPSA) is 86.6 Å². The molecule has 0 spiro atoms. The zero-order chi connectivity index (χ0) is 13.8. The summed E-state index contributed by atoms with van der Waals surface area (Å²) in [5, 5.41) is 9.60. The van der Waals surface area contributed by atoms with Crippen LogP contribution in [0.15, 0.2) is 18.2 Å². The maximum absolute atomic E-state index is 9.60. The Morgan fingerprint density at radius 2 is 1.53 bits per heavy atom. The molecule has 7 heteroatoms. The summed E-state index contributed by atoms with van der Waals surface area (Å²) < 4.78 is 15.3. The van der Waals surface area contributed by atoms with E-state index in [1.807, 2.05) is 0 Å². The molecule has 0 bridgehead atoms. The number of aromatic nitrogens is 3. The van der Waals surface area contributed by atoms with Crippen molar-refractivity contribution in [3.05, 3.63) is 23.8 Å². The number of benzene rings is 1. The van der Waals surface area contributed by atoms with Gasteiger partial charge in [0.1, 0.15) is 11.5 Å². The predicted molar refractivity (Wildman–Crippen MR) is 65.8 cm³/mol. The molecule has 1 heterocycles. The summed E-state index contributed by atoms with van der Waals surface area (Å²) in [5.74, 6) is 0.570. The van der Waals surface area contributed by atoms with Gasteiger partial charge in [0.25, 0.3) is 0 Å². The fourth-order valence-corrected chi connectivity index (χ4v) is 1.36. The van der Waals surface area contributed by atoms with Crippen LogP contribution in [0.1, 0.15) is 5.56 Å². The SMILES string of the molecule is COc1nc(OC)nc(Oc2cccc(O)c2C)n1. The van der Waals surface area contributed by atoms with Gasteiger partial charge in [-0.25, -0.2) is 0 Å². The summed E-state index contributed by atoms with van der Waals surface area (Å²) in [7, 11) is 2.86. The highest BCUT2D eigenvalue weighted by molar-refractivity contribution is 5.43. The molecule has 0 aliphatic rings. The molecule has 2 rings (SSSR count). The molecule has 0 fully saturated rings. The van der Waals surface area contributed by atoms with Gasteiger partial charge in [0.15, 0.2) is 0 Å². The van der Waals surface area contributed by atoms with Crippen LogP contribution in [-0.2, 0) is 0 Å². The monoisotopic (exact) mass is 263 g/mol. The van der Waals surface area contributed by atoms with Gasteiger partial charge in [-0.05, 0) is 19.1 Å². The minimum absolute atomic E-state index is 0.0254. The minimum Gasteiger partial charge on any atom is -0.508 e. The molecule has 100 valence electrons. The van der Waals surface area contributed by atoms with Gasteiger partial charge >= 0.3 is 18.0 Å². The highest BCUT2D eigenvalue weighted by Crippen LogP contribution is 2.29. The third-order valence-electron chi connectivity index (χ3n) is 2.40. The van der Waals surface area contributed by atoms with Crippen LogP contribution < -0.4 is 14.2 Å². The van der Waals surface area contributed by atoms with Crippen LogP contribution >= 0.6 is 0 Å². The molecule has 0 amide bonds. The van der Waals surface area contributed by atoms with E-state index in [0.29, 0.717) is 11.3 Å². The van der Waals surface area contributed by atoms with Gasteiger partial charge < -0.3 is 19.3 Å². The highest BCUT2D eigenvalue weighted by atomic mass is 16.5. The largest absolute Gasteiger partial charge is 0.508 e. The summed E-state index contributed by atoms with van der Waals surface area (Å²) in [6.45, 7) is 1.72. The fraction of sp³-hybridized carbons (Fsp3) is 0.250. The Labute approximate surface area is 109 Å². The minimum atomic E-state index is 0.0254. The van der Waals surface area contributed by atoms with E-state index in [0.717, 1.165) is 0 Å². The van der Waals surface area contributed by atoms with E-state index >= 15 is 0 Å². The highest BCUT2D eigenvalue weighted by Gasteiger charge is 2.11. The fourth-order valence-electron chi connectivity index (χ4n) is 1.36. The van der Waals surface area contributed by atoms with E-state index in [1.165, 1.54) is 14.2 Å². The molecular weight excluding hydrogens is 250 g/mol. The van der Waals surface area contributed by atoms with Crippen molar-refractivity contribution in [1.29, 1.82) is 0 Å². The third-order valence-corrected chi connectivity index (χ3v) is 2.40. The Hall–Kier alpha value is -2.57. The first-order chi connectivity index (χ1) is 9.13. The van der Waals surface area contributed by atoms with Gasteiger partial charge in [0.05, 0.1) is 14.2 Å². The van der Waals surface area contributed by atoms with Crippen LogP contribution in [0, 0.1) is 6.92 Å². The van der Waals surface area contributed by atoms with E-state index < -0.39 is 0 Å². The van der Waals surface area contributed by atoms with Gasteiger partial charge in [0, 0.05) is 5.56 Å². The molecule has 0 aliphatic heterocycles. The van der Waals surface area contributed by atoms with Gasteiger partial charge in [-0.1, -0.05) is 6.07 Å². The molecule has 1 aromatic heterocycles. The molecule has 19 heavy (non-hydrogen) atoms. The Bertz CT molecular complexity index is 567. The van der Waals surface area contributed by atoms with Crippen molar-refractivity contribution in [2.24, 2.45) is 0 Å². The lowest BCUT2D eigenvalue weighted by molar-refractivity contribution is 0.319. The molecule has 0 saturated heterocycles. The number of phenolic OH excluding ortho intramolecular Hbond substituents is 1. The lowest BCUT2D eigenvalue weighted by Gasteiger charge is -2.09. The van der Waals surface area contributed by atoms with Crippen LogP contribution in [0.2, 0.25) is 0 Å². The van der Waals surface area contributed by atoms with Crippen molar-refractivity contribution in [2.75, 3.05) is 14.2 Å². The summed E-state index contributed by atoms with van der Waals surface area (Å²) in [5.41, 5.74) is 0.584. The van der Waals surface area contributed by atoms with E-state index in [4.69, 9.17) is 14.2 Å². The number of methoxy groups -OCH3 is 2. The molecule has 0 radical (unpaired) electrons. The third kappa shape index (κ3) is 2.82. The van der Waals surface area contributed by atoms with E-state index in [-0.39, 0.29) is 23.8 Å². The van der Waals surface area contributed by atoms with Crippen LogP contribution in [-0.4, -0.2) is 34.3 Å². The number of ether oxygens (including phenoxy) is 3. The van der Waals surface area contributed by atoms with E-state index in [2.05, 4.69) is 15.0 Å². The molecule has 0 aliphatic carbocycles.